The lowest BCUT2D eigenvalue weighted by Gasteiger charge is -2.21. The molecule has 9 nitrogen and oxygen atoms in total. The van der Waals surface area contributed by atoms with Crippen molar-refractivity contribution in [3.05, 3.63) is 40.4 Å². The summed E-state index contributed by atoms with van der Waals surface area (Å²) in [6.07, 6.45) is 4.95. The highest BCUT2D eigenvalue weighted by molar-refractivity contribution is 5.96. The quantitative estimate of drug-likeness (QED) is 0.666. The van der Waals surface area contributed by atoms with Crippen LogP contribution in [0.15, 0.2) is 29.3 Å². The summed E-state index contributed by atoms with van der Waals surface area (Å²) in [6, 6.07) is 3.45. The number of nitrogens with one attached hydrogen (secondary N) is 1. The van der Waals surface area contributed by atoms with Gasteiger partial charge in [-0.05, 0) is 24.3 Å². The van der Waals surface area contributed by atoms with Crippen LogP contribution in [-0.2, 0) is 6.54 Å². The first-order valence-corrected chi connectivity index (χ1v) is 9.84. The zero-order chi connectivity index (χ0) is 21.6. The SMILES string of the molecule is COc1ccncc1-c1cc2n(CC(C)(C)C)c(=O)c(C(=O)NC3CC3)c(O)n2n1. The van der Waals surface area contributed by atoms with Crippen LogP contribution in [-0.4, -0.2) is 43.3 Å². The minimum absolute atomic E-state index is 0.0518. The Balaban J connectivity index is 1.96. The number of pyridine rings is 1. The van der Waals surface area contributed by atoms with Crippen molar-refractivity contribution in [2.75, 3.05) is 7.11 Å². The number of carbonyl (C=O) groups excluding carboxylic acids is 1. The van der Waals surface area contributed by atoms with Gasteiger partial charge in [0.25, 0.3) is 11.5 Å². The third-order valence-electron chi connectivity index (χ3n) is 4.90. The van der Waals surface area contributed by atoms with Crippen molar-refractivity contribution in [2.24, 2.45) is 5.41 Å². The highest BCUT2D eigenvalue weighted by Gasteiger charge is 2.30. The van der Waals surface area contributed by atoms with Crippen molar-refractivity contribution in [3.8, 4) is 22.9 Å². The van der Waals surface area contributed by atoms with Gasteiger partial charge in [-0.1, -0.05) is 20.8 Å². The van der Waals surface area contributed by atoms with Crippen LogP contribution < -0.4 is 15.6 Å². The molecule has 3 aromatic heterocycles. The zero-order valence-corrected chi connectivity index (χ0v) is 17.5. The number of methoxy groups -OCH3 is 1. The maximum atomic E-state index is 13.3. The number of nitrogens with zero attached hydrogens (tertiary/aromatic N) is 4. The summed E-state index contributed by atoms with van der Waals surface area (Å²) in [4.78, 5) is 30.1. The van der Waals surface area contributed by atoms with Gasteiger partial charge in [-0.15, -0.1) is 0 Å². The Morgan fingerprint density at radius 1 is 1.37 bits per heavy atom. The van der Waals surface area contributed by atoms with E-state index in [0.29, 0.717) is 29.2 Å². The van der Waals surface area contributed by atoms with E-state index in [9.17, 15) is 14.7 Å². The van der Waals surface area contributed by atoms with Gasteiger partial charge >= 0.3 is 0 Å². The lowest BCUT2D eigenvalue weighted by Crippen LogP contribution is -2.37. The molecule has 0 radical (unpaired) electrons. The predicted octanol–water partition coefficient (Wildman–Crippen LogP) is 2.21. The number of hydrogen-bond donors (Lipinski definition) is 2. The minimum Gasteiger partial charge on any atom is -0.496 e. The van der Waals surface area contributed by atoms with Crippen LogP contribution in [0.25, 0.3) is 16.9 Å². The summed E-state index contributed by atoms with van der Waals surface area (Å²) in [7, 11) is 1.54. The van der Waals surface area contributed by atoms with E-state index in [1.165, 1.54) is 9.08 Å². The van der Waals surface area contributed by atoms with E-state index in [1.54, 1.807) is 31.6 Å². The van der Waals surface area contributed by atoms with E-state index < -0.39 is 17.3 Å². The lowest BCUT2D eigenvalue weighted by molar-refractivity contribution is 0.0944. The van der Waals surface area contributed by atoms with Gasteiger partial charge in [0.15, 0.2) is 5.56 Å². The van der Waals surface area contributed by atoms with Gasteiger partial charge in [0.2, 0.25) is 5.88 Å². The standard InChI is InChI=1S/C21H25N5O4/c1-21(2,3)11-25-16-9-14(13-10-22-8-7-15(13)30-4)24-26(16)20(29)17(19(25)28)18(27)23-12-5-6-12/h7-10,12,29H,5-6,11H2,1-4H3,(H,23,27). The Labute approximate surface area is 173 Å². The molecule has 1 aliphatic rings. The van der Waals surface area contributed by atoms with Gasteiger partial charge in [-0.3, -0.25) is 19.1 Å². The molecule has 0 aromatic carbocycles. The summed E-state index contributed by atoms with van der Waals surface area (Å²) in [5, 5.41) is 18.1. The second kappa shape index (κ2) is 7.16. The molecule has 0 aliphatic heterocycles. The molecule has 1 saturated carbocycles. The monoisotopic (exact) mass is 411 g/mol. The topological polar surface area (TPSA) is 111 Å². The molecule has 3 aromatic rings. The normalized spacial score (nSPS) is 14.1. The number of hydrogen-bond acceptors (Lipinski definition) is 6. The van der Waals surface area contributed by atoms with E-state index in [0.717, 1.165) is 12.8 Å². The lowest BCUT2D eigenvalue weighted by atomic mass is 9.97. The fourth-order valence-corrected chi connectivity index (χ4v) is 3.35. The van der Waals surface area contributed by atoms with E-state index in [-0.39, 0.29) is 17.0 Å². The van der Waals surface area contributed by atoms with Gasteiger partial charge in [-0.2, -0.15) is 9.61 Å². The van der Waals surface area contributed by atoms with Crippen LogP contribution in [0.3, 0.4) is 0 Å². The number of aromatic nitrogens is 4. The maximum Gasteiger partial charge on any atom is 0.270 e. The third-order valence-corrected chi connectivity index (χ3v) is 4.90. The van der Waals surface area contributed by atoms with Crippen molar-refractivity contribution >= 4 is 11.6 Å². The van der Waals surface area contributed by atoms with Crippen LogP contribution >= 0.6 is 0 Å². The fraction of sp³-hybridized carbons (Fsp3) is 0.429. The van der Waals surface area contributed by atoms with Crippen molar-refractivity contribution < 1.29 is 14.6 Å². The molecule has 9 heteroatoms. The fourth-order valence-electron chi connectivity index (χ4n) is 3.35. The molecule has 0 bridgehead atoms. The molecule has 3 heterocycles. The summed E-state index contributed by atoms with van der Waals surface area (Å²) >= 11 is 0. The largest absolute Gasteiger partial charge is 0.496 e. The molecule has 1 amide bonds. The molecule has 0 saturated heterocycles. The summed E-state index contributed by atoms with van der Waals surface area (Å²) < 4.78 is 8.11. The van der Waals surface area contributed by atoms with Crippen LogP contribution in [0.5, 0.6) is 11.6 Å². The van der Waals surface area contributed by atoms with Gasteiger partial charge in [0.05, 0.1) is 12.7 Å². The van der Waals surface area contributed by atoms with Crippen LogP contribution in [0.2, 0.25) is 0 Å². The van der Waals surface area contributed by atoms with Crippen molar-refractivity contribution in [1.82, 2.24) is 24.5 Å². The Morgan fingerprint density at radius 3 is 2.73 bits per heavy atom. The number of rotatable bonds is 5. The van der Waals surface area contributed by atoms with Gasteiger partial charge in [0.1, 0.15) is 17.1 Å². The first-order valence-electron chi connectivity index (χ1n) is 9.84. The molecule has 30 heavy (non-hydrogen) atoms. The number of aromatic hydroxyl groups is 1. The predicted molar refractivity (Wildman–Crippen MR) is 111 cm³/mol. The molecule has 0 spiro atoms. The summed E-state index contributed by atoms with van der Waals surface area (Å²) in [5.74, 6) is -0.503. The zero-order valence-electron chi connectivity index (χ0n) is 17.5. The van der Waals surface area contributed by atoms with E-state index in [2.05, 4.69) is 15.4 Å². The molecule has 1 fully saturated rings. The van der Waals surface area contributed by atoms with E-state index in [1.807, 2.05) is 20.8 Å². The van der Waals surface area contributed by atoms with Crippen LogP contribution in [0.1, 0.15) is 44.0 Å². The van der Waals surface area contributed by atoms with Gasteiger partial charge in [-0.25, -0.2) is 0 Å². The molecular formula is C21H25N5O4. The molecular weight excluding hydrogens is 386 g/mol. The van der Waals surface area contributed by atoms with Crippen molar-refractivity contribution in [1.29, 1.82) is 0 Å². The molecule has 2 N–H and O–H groups in total. The third kappa shape index (κ3) is 3.62. The molecule has 4 rings (SSSR count). The smallest absolute Gasteiger partial charge is 0.270 e. The van der Waals surface area contributed by atoms with E-state index in [4.69, 9.17) is 4.74 Å². The molecule has 158 valence electrons. The van der Waals surface area contributed by atoms with Crippen molar-refractivity contribution in [3.63, 3.8) is 0 Å². The summed E-state index contributed by atoms with van der Waals surface area (Å²) in [5.41, 5.74) is 0.376. The van der Waals surface area contributed by atoms with Crippen molar-refractivity contribution in [2.45, 2.75) is 46.2 Å². The summed E-state index contributed by atoms with van der Waals surface area (Å²) in [6.45, 7) is 6.32. The number of carbonyl (C=O) groups is 1. The Hall–Kier alpha value is -3.36. The average molecular weight is 411 g/mol. The maximum absolute atomic E-state index is 13.3. The Morgan fingerprint density at radius 2 is 2.10 bits per heavy atom. The number of fused-ring (bicyclic) bond motifs is 1. The number of ether oxygens (including phenoxy) is 1. The van der Waals surface area contributed by atoms with Crippen LogP contribution in [0, 0.1) is 5.41 Å². The first kappa shape index (κ1) is 19.9. The Kier molecular flexibility index (Phi) is 4.76. The molecule has 1 aliphatic carbocycles. The second-order valence-electron chi connectivity index (χ2n) is 8.77. The minimum atomic E-state index is -0.583. The first-order chi connectivity index (χ1) is 14.2. The van der Waals surface area contributed by atoms with Crippen LogP contribution in [0.4, 0.5) is 0 Å². The van der Waals surface area contributed by atoms with Gasteiger partial charge in [0, 0.05) is 31.0 Å². The van der Waals surface area contributed by atoms with E-state index >= 15 is 0 Å². The highest BCUT2D eigenvalue weighted by atomic mass is 16.5. The Bertz CT molecular complexity index is 1180. The number of amides is 1. The molecule has 0 unspecified atom stereocenters. The average Bonchev–Trinajstić information content (AvgIpc) is 3.38. The van der Waals surface area contributed by atoms with Gasteiger partial charge < -0.3 is 15.2 Å². The highest BCUT2D eigenvalue weighted by Crippen LogP contribution is 2.30. The molecule has 0 atom stereocenters. The second-order valence-corrected chi connectivity index (χ2v) is 8.77.